The number of nitrogens with zero attached hydrogens (tertiary/aromatic N) is 2. The Hall–Kier alpha value is -7.17. The van der Waals surface area contributed by atoms with Crippen molar-refractivity contribution in [2.24, 2.45) is 0 Å². The molecule has 4 nitrogen and oxygen atoms in total. The summed E-state index contributed by atoms with van der Waals surface area (Å²) in [4.78, 5) is 13.7. The standard InChI is InChI=1S/C49H30N2O2/c52-49-41-27-21-33(31-17-23-35(24-18-31)50-43-13-5-1-9-37(43)38-10-2-6-14-44(38)50)29-47(41)53-48-30-34(22-28-42(48)49)32-19-25-36(26-20-32)51-45-15-7-3-11-39(45)40-12-4-8-16-46(40)51/h1-30H. The van der Waals surface area contributed by atoms with Gasteiger partial charge in [-0.2, -0.15) is 0 Å². The summed E-state index contributed by atoms with van der Waals surface area (Å²) in [5.41, 5.74) is 12.1. The van der Waals surface area contributed by atoms with Gasteiger partial charge < -0.3 is 13.6 Å². The van der Waals surface area contributed by atoms with Crippen LogP contribution in [0.2, 0.25) is 0 Å². The minimum Gasteiger partial charge on any atom is -0.456 e. The zero-order valence-electron chi connectivity index (χ0n) is 28.5. The van der Waals surface area contributed by atoms with Gasteiger partial charge in [-0.05, 0) is 95.1 Å². The van der Waals surface area contributed by atoms with Crippen molar-refractivity contribution in [3.8, 4) is 33.6 Å². The van der Waals surface area contributed by atoms with Crippen LogP contribution in [-0.2, 0) is 0 Å². The average molecular weight is 679 g/mol. The molecule has 4 heteroatoms. The molecule has 0 N–H and O–H groups in total. The van der Waals surface area contributed by atoms with Crippen LogP contribution in [0.5, 0.6) is 0 Å². The summed E-state index contributed by atoms with van der Waals surface area (Å²) in [5, 5.41) is 6.11. The normalized spacial score (nSPS) is 11.8. The van der Waals surface area contributed by atoms with Crippen LogP contribution in [-0.4, -0.2) is 9.13 Å². The molecule has 53 heavy (non-hydrogen) atoms. The highest BCUT2D eigenvalue weighted by Crippen LogP contribution is 2.35. The number of hydrogen-bond acceptors (Lipinski definition) is 2. The molecule has 0 amide bonds. The molecule has 0 aliphatic rings. The Morgan fingerprint density at radius 1 is 0.321 bits per heavy atom. The van der Waals surface area contributed by atoms with Gasteiger partial charge in [0.2, 0.25) is 5.43 Å². The molecule has 0 spiro atoms. The zero-order valence-corrected chi connectivity index (χ0v) is 28.5. The van der Waals surface area contributed by atoms with Gasteiger partial charge in [0.25, 0.3) is 0 Å². The van der Waals surface area contributed by atoms with Crippen molar-refractivity contribution in [1.82, 2.24) is 9.13 Å². The van der Waals surface area contributed by atoms with Crippen molar-refractivity contribution in [3.63, 3.8) is 0 Å². The third-order valence-electron chi connectivity index (χ3n) is 10.8. The molecule has 0 aliphatic carbocycles. The van der Waals surface area contributed by atoms with Crippen LogP contribution < -0.4 is 5.43 Å². The Labute approximate surface area is 304 Å². The summed E-state index contributed by atoms with van der Waals surface area (Å²) < 4.78 is 11.1. The predicted molar refractivity (Wildman–Crippen MR) is 220 cm³/mol. The van der Waals surface area contributed by atoms with Crippen molar-refractivity contribution in [2.45, 2.75) is 0 Å². The third-order valence-corrected chi connectivity index (χ3v) is 10.8. The molecule has 0 bridgehead atoms. The second-order valence-corrected chi connectivity index (χ2v) is 13.7. The molecule has 0 aliphatic heterocycles. The van der Waals surface area contributed by atoms with E-state index in [0.717, 1.165) is 33.6 Å². The SMILES string of the molecule is O=c1c2ccc(-c3ccc(-n4c5ccccc5c5ccccc54)cc3)cc2oc2cc(-c3ccc(-n4c5ccccc5c5ccccc54)cc3)ccc12. The van der Waals surface area contributed by atoms with E-state index in [2.05, 4.69) is 155 Å². The second-order valence-electron chi connectivity index (χ2n) is 13.7. The van der Waals surface area contributed by atoms with Crippen LogP contribution in [0, 0.1) is 0 Å². The van der Waals surface area contributed by atoms with Gasteiger partial charge in [-0.25, -0.2) is 0 Å². The Kier molecular flexibility index (Phi) is 6.37. The maximum atomic E-state index is 13.7. The summed E-state index contributed by atoms with van der Waals surface area (Å²) in [6.07, 6.45) is 0. The quantitative estimate of drug-likeness (QED) is 0.174. The maximum absolute atomic E-state index is 13.7. The number of aromatic nitrogens is 2. The maximum Gasteiger partial charge on any atom is 0.200 e. The lowest BCUT2D eigenvalue weighted by molar-refractivity contribution is 0.660. The molecule has 248 valence electrons. The lowest BCUT2D eigenvalue weighted by atomic mass is 10.0. The van der Waals surface area contributed by atoms with Crippen molar-refractivity contribution in [3.05, 3.63) is 192 Å². The summed E-state index contributed by atoms with van der Waals surface area (Å²) in [5.74, 6) is 0. The van der Waals surface area contributed by atoms with Gasteiger partial charge in [0.1, 0.15) is 11.2 Å². The first-order valence-electron chi connectivity index (χ1n) is 17.9. The highest BCUT2D eigenvalue weighted by atomic mass is 16.3. The van der Waals surface area contributed by atoms with Crippen LogP contribution in [0.15, 0.2) is 191 Å². The Balaban J connectivity index is 0.952. The van der Waals surface area contributed by atoms with E-state index in [1.165, 1.54) is 43.6 Å². The van der Waals surface area contributed by atoms with Gasteiger partial charge in [-0.15, -0.1) is 0 Å². The van der Waals surface area contributed by atoms with Gasteiger partial charge in [0.15, 0.2) is 0 Å². The fraction of sp³-hybridized carbons (Fsp3) is 0. The fourth-order valence-corrected chi connectivity index (χ4v) is 8.22. The highest BCUT2D eigenvalue weighted by molar-refractivity contribution is 6.10. The molecule has 0 unspecified atom stereocenters. The molecule has 0 fully saturated rings. The zero-order chi connectivity index (χ0) is 35.0. The Bertz CT molecular complexity index is 2970. The number of benzene rings is 8. The van der Waals surface area contributed by atoms with Gasteiger partial charge in [0, 0.05) is 32.9 Å². The lowest BCUT2D eigenvalue weighted by Crippen LogP contribution is -2.02. The van der Waals surface area contributed by atoms with E-state index in [4.69, 9.17) is 4.42 Å². The monoisotopic (exact) mass is 678 g/mol. The molecule has 3 heterocycles. The molecular formula is C49H30N2O2. The van der Waals surface area contributed by atoms with E-state index < -0.39 is 0 Å². The Morgan fingerprint density at radius 2 is 0.642 bits per heavy atom. The summed E-state index contributed by atoms with van der Waals surface area (Å²) in [7, 11) is 0. The molecular weight excluding hydrogens is 649 g/mol. The largest absolute Gasteiger partial charge is 0.456 e. The summed E-state index contributed by atoms with van der Waals surface area (Å²) >= 11 is 0. The smallest absolute Gasteiger partial charge is 0.200 e. The van der Waals surface area contributed by atoms with Gasteiger partial charge in [0.05, 0.1) is 32.8 Å². The van der Waals surface area contributed by atoms with Gasteiger partial charge in [-0.1, -0.05) is 109 Å². The first-order valence-corrected chi connectivity index (χ1v) is 17.9. The predicted octanol–water partition coefficient (Wildman–Crippen LogP) is 12.5. The van der Waals surface area contributed by atoms with Crippen LogP contribution in [0.25, 0.3) is 99.2 Å². The van der Waals surface area contributed by atoms with E-state index >= 15 is 0 Å². The van der Waals surface area contributed by atoms with E-state index in [9.17, 15) is 4.79 Å². The fourth-order valence-electron chi connectivity index (χ4n) is 8.22. The molecule has 3 aromatic heterocycles. The van der Waals surface area contributed by atoms with Crippen molar-refractivity contribution < 1.29 is 4.42 Å². The molecule has 8 aromatic carbocycles. The number of para-hydroxylation sites is 4. The highest BCUT2D eigenvalue weighted by Gasteiger charge is 2.15. The number of hydrogen-bond donors (Lipinski definition) is 0. The number of fused-ring (bicyclic) bond motifs is 8. The first kappa shape index (κ1) is 29.5. The van der Waals surface area contributed by atoms with Gasteiger partial charge >= 0.3 is 0 Å². The van der Waals surface area contributed by atoms with E-state index in [1.54, 1.807) is 0 Å². The molecule has 0 atom stereocenters. The molecule has 0 radical (unpaired) electrons. The van der Waals surface area contributed by atoms with Crippen LogP contribution in [0.1, 0.15) is 0 Å². The van der Waals surface area contributed by atoms with Gasteiger partial charge in [-0.3, -0.25) is 4.79 Å². The summed E-state index contributed by atoms with van der Waals surface area (Å²) in [6, 6.07) is 63.1. The Morgan fingerprint density at radius 3 is 1.00 bits per heavy atom. The minimum atomic E-state index is -0.0252. The van der Waals surface area contributed by atoms with E-state index in [1.807, 2.05) is 36.4 Å². The van der Waals surface area contributed by atoms with Crippen molar-refractivity contribution in [1.29, 1.82) is 0 Å². The van der Waals surface area contributed by atoms with E-state index in [0.29, 0.717) is 21.9 Å². The van der Waals surface area contributed by atoms with Crippen molar-refractivity contribution >= 4 is 65.6 Å². The third kappa shape index (κ3) is 4.52. The topological polar surface area (TPSA) is 40.1 Å². The van der Waals surface area contributed by atoms with Crippen LogP contribution in [0.4, 0.5) is 0 Å². The second kappa shape index (κ2) is 11.4. The number of rotatable bonds is 4. The van der Waals surface area contributed by atoms with E-state index in [-0.39, 0.29) is 5.43 Å². The van der Waals surface area contributed by atoms with Crippen LogP contribution >= 0.6 is 0 Å². The minimum absolute atomic E-state index is 0.0252. The molecule has 0 saturated heterocycles. The van der Waals surface area contributed by atoms with Crippen LogP contribution in [0.3, 0.4) is 0 Å². The molecule has 11 rings (SSSR count). The molecule has 0 saturated carbocycles. The first-order chi connectivity index (χ1) is 26.2. The average Bonchev–Trinajstić information content (AvgIpc) is 3.74. The summed E-state index contributed by atoms with van der Waals surface area (Å²) in [6.45, 7) is 0. The molecule has 11 aromatic rings. The van der Waals surface area contributed by atoms with Crippen molar-refractivity contribution in [2.75, 3.05) is 0 Å². The lowest BCUT2D eigenvalue weighted by Gasteiger charge is -2.11.